The predicted octanol–water partition coefficient (Wildman–Crippen LogP) is 4.35. The molecule has 4 aliphatic carbocycles. The molecular formula is C38H51NO10. The second-order valence-corrected chi connectivity index (χ2v) is 15.5. The van der Waals surface area contributed by atoms with Crippen molar-refractivity contribution in [3.8, 4) is 0 Å². The van der Waals surface area contributed by atoms with Gasteiger partial charge in [0.25, 0.3) is 0 Å². The number of rotatable bonds is 9. The van der Waals surface area contributed by atoms with E-state index in [1.54, 1.807) is 6.92 Å². The van der Waals surface area contributed by atoms with Gasteiger partial charge >= 0.3 is 23.9 Å². The summed E-state index contributed by atoms with van der Waals surface area (Å²) in [7, 11) is 3.65. The fourth-order valence-electron chi connectivity index (χ4n) is 11.3. The van der Waals surface area contributed by atoms with Gasteiger partial charge in [0.15, 0.2) is 0 Å². The van der Waals surface area contributed by atoms with Crippen LogP contribution in [0.2, 0.25) is 0 Å². The Kier molecular flexibility index (Phi) is 9.47. The number of aliphatic hydroxyl groups is 1. The van der Waals surface area contributed by atoms with Gasteiger partial charge in [-0.3, -0.25) is 24.0 Å². The zero-order chi connectivity index (χ0) is 36.4. The summed E-state index contributed by atoms with van der Waals surface area (Å²) in [6.07, 6.45) is -4.67. The zero-order valence-electron chi connectivity index (χ0n) is 30.1. The van der Waals surface area contributed by atoms with E-state index in [0.717, 1.165) is 5.56 Å². The molecule has 5 rings (SSSR count). The van der Waals surface area contributed by atoms with Gasteiger partial charge in [-0.1, -0.05) is 64.6 Å². The van der Waals surface area contributed by atoms with Crippen LogP contribution in [0.3, 0.4) is 0 Å². The number of benzene rings is 1. The molecule has 11 unspecified atom stereocenters. The minimum absolute atomic E-state index is 0.0907. The van der Waals surface area contributed by atoms with Gasteiger partial charge in [-0.15, -0.1) is 0 Å². The smallest absolute Gasteiger partial charge is 0.309 e. The summed E-state index contributed by atoms with van der Waals surface area (Å²) in [6, 6.07) is 8.91. The van der Waals surface area contributed by atoms with Crippen molar-refractivity contribution in [2.45, 2.75) is 111 Å². The first-order valence-corrected chi connectivity index (χ1v) is 17.1. The average molecular weight is 682 g/mol. The summed E-state index contributed by atoms with van der Waals surface area (Å²) in [5, 5.41) is 11.3. The van der Waals surface area contributed by atoms with Gasteiger partial charge in [0.2, 0.25) is 0 Å². The largest absolute Gasteiger partial charge is 0.461 e. The van der Waals surface area contributed by atoms with Crippen molar-refractivity contribution in [1.29, 1.82) is 0 Å². The Morgan fingerprint density at radius 2 is 1.47 bits per heavy atom. The number of nitrogens with zero attached hydrogens (tertiary/aromatic N) is 1. The molecule has 11 heteroatoms. The van der Waals surface area contributed by atoms with E-state index < -0.39 is 93.9 Å². The maximum absolute atomic E-state index is 14.0. The molecule has 1 aromatic carbocycles. The van der Waals surface area contributed by atoms with Crippen LogP contribution in [0.5, 0.6) is 0 Å². The van der Waals surface area contributed by atoms with E-state index in [0.29, 0.717) is 12.0 Å². The van der Waals surface area contributed by atoms with Crippen LogP contribution in [0.1, 0.15) is 85.8 Å². The lowest BCUT2D eigenvalue weighted by Crippen LogP contribution is -2.63. The van der Waals surface area contributed by atoms with Crippen LogP contribution in [0.15, 0.2) is 42.5 Å². The molecule has 1 N–H and O–H groups in total. The fraction of sp³-hybridized carbons (Fsp3) is 0.658. The minimum atomic E-state index is -1.33. The molecule has 0 heterocycles. The van der Waals surface area contributed by atoms with Crippen molar-refractivity contribution < 1.29 is 48.0 Å². The van der Waals surface area contributed by atoms with Gasteiger partial charge < -0.3 is 29.0 Å². The lowest BCUT2D eigenvalue weighted by atomic mass is 9.42. The number of likely N-dealkylation sites (N-methyl/N-ethyl adjacent to an activating group) is 1. The number of hydrogen-bond acceptors (Lipinski definition) is 11. The molecule has 0 amide bonds. The van der Waals surface area contributed by atoms with Gasteiger partial charge in [-0.25, -0.2) is 0 Å². The number of fused-ring (bicyclic) bond motifs is 1. The minimum Gasteiger partial charge on any atom is -0.461 e. The first-order chi connectivity index (χ1) is 22.8. The van der Waals surface area contributed by atoms with Crippen LogP contribution in [0.25, 0.3) is 0 Å². The summed E-state index contributed by atoms with van der Waals surface area (Å²) < 4.78 is 24.8. The van der Waals surface area contributed by atoms with E-state index in [9.17, 15) is 29.1 Å². The maximum Gasteiger partial charge on any atom is 0.309 e. The Labute approximate surface area is 288 Å². The molecule has 1 aromatic rings. The number of esters is 4. The monoisotopic (exact) mass is 681 g/mol. The van der Waals surface area contributed by atoms with Gasteiger partial charge in [0, 0.05) is 49.9 Å². The van der Waals surface area contributed by atoms with E-state index >= 15 is 0 Å². The third kappa shape index (κ3) is 5.08. The Bertz CT molecular complexity index is 1540. The van der Waals surface area contributed by atoms with Crippen molar-refractivity contribution in [1.82, 2.24) is 4.90 Å². The van der Waals surface area contributed by atoms with Gasteiger partial charge in [-0.05, 0) is 43.5 Å². The van der Waals surface area contributed by atoms with Crippen LogP contribution >= 0.6 is 0 Å². The molecule has 268 valence electrons. The van der Waals surface area contributed by atoms with Crippen molar-refractivity contribution in [3.63, 3.8) is 0 Å². The standard InChI is InChI=1S/C38H51NO10/c1-20-27(43)18-26-32(46-22(3)40)38-21(2)29(49-30(45)19-28(44)31(39(9)10)25-14-12-11-13-15-25)16-17-36(38,8)33(47-23(4)41)34(48-24(5)42)37(20,38)35(26,6)7/h11-15,20,26,28-29,31-34,44H,2,16-19H2,1,3-10H3. The highest BCUT2D eigenvalue weighted by atomic mass is 16.6. The van der Waals surface area contributed by atoms with Gasteiger partial charge in [0.1, 0.15) is 30.2 Å². The Hall–Kier alpha value is -3.57. The van der Waals surface area contributed by atoms with Crippen molar-refractivity contribution in [2.24, 2.45) is 33.5 Å². The Morgan fingerprint density at radius 3 is 2.02 bits per heavy atom. The molecule has 0 aliphatic heterocycles. The molecular weight excluding hydrogens is 630 g/mol. The van der Waals surface area contributed by atoms with E-state index in [1.165, 1.54) is 20.8 Å². The molecule has 2 bridgehead atoms. The summed E-state index contributed by atoms with van der Waals surface area (Å²) in [5.74, 6) is -3.75. The molecule has 2 spiro atoms. The molecule has 0 radical (unpaired) electrons. The van der Waals surface area contributed by atoms with Crippen LogP contribution in [-0.4, -0.2) is 84.3 Å². The second kappa shape index (κ2) is 12.6. The highest BCUT2D eigenvalue weighted by Gasteiger charge is 2.92. The number of ether oxygens (including phenoxy) is 4. The number of aliphatic hydroxyl groups excluding tert-OH is 1. The van der Waals surface area contributed by atoms with Crippen LogP contribution in [0.4, 0.5) is 0 Å². The second-order valence-electron chi connectivity index (χ2n) is 15.5. The molecule has 4 saturated carbocycles. The average Bonchev–Trinajstić information content (AvgIpc) is 3.23. The van der Waals surface area contributed by atoms with Gasteiger partial charge in [-0.2, -0.15) is 0 Å². The molecule has 0 saturated heterocycles. The van der Waals surface area contributed by atoms with Crippen molar-refractivity contribution >= 4 is 29.7 Å². The predicted molar refractivity (Wildman–Crippen MR) is 177 cm³/mol. The quantitative estimate of drug-likeness (QED) is 0.226. The lowest BCUT2D eigenvalue weighted by molar-refractivity contribution is -0.194. The maximum atomic E-state index is 14.0. The Morgan fingerprint density at radius 1 is 0.918 bits per heavy atom. The summed E-state index contributed by atoms with van der Waals surface area (Å²) in [6.45, 7) is 16.2. The summed E-state index contributed by atoms with van der Waals surface area (Å²) >= 11 is 0. The first kappa shape index (κ1) is 36.7. The van der Waals surface area contributed by atoms with Crippen LogP contribution < -0.4 is 0 Å². The highest BCUT2D eigenvalue weighted by molar-refractivity contribution is 5.86. The van der Waals surface area contributed by atoms with Gasteiger partial charge in [0.05, 0.1) is 24.0 Å². The van der Waals surface area contributed by atoms with Crippen LogP contribution in [-0.2, 0) is 42.9 Å². The number of carbonyl (C=O) groups is 5. The van der Waals surface area contributed by atoms with Crippen LogP contribution in [0, 0.1) is 33.5 Å². The lowest BCUT2D eigenvalue weighted by Gasteiger charge is -2.60. The Balaban J connectivity index is 1.64. The number of carbonyl (C=O) groups excluding carboxylic acids is 5. The van der Waals surface area contributed by atoms with E-state index in [1.807, 2.05) is 70.1 Å². The molecule has 11 nitrogen and oxygen atoms in total. The third-order valence-electron chi connectivity index (χ3n) is 12.7. The van der Waals surface area contributed by atoms with E-state index in [-0.39, 0.29) is 25.0 Å². The third-order valence-corrected chi connectivity index (χ3v) is 12.7. The summed E-state index contributed by atoms with van der Waals surface area (Å²) in [5.41, 5.74) is -3.22. The molecule has 4 fully saturated rings. The zero-order valence-corrected chi connectivity index (χ0v) is 30.1. The molecule has 4 aliphatic rings. The SMILES string of the molecule is C=C1C(OC(=O)CC(O)C(c2ccccc2)N(C)C)CCC2(C)C(OC(C)=O)C(OC(C)=O)C34C(C)C(=O)CC(C(OC(C)=O)C123)C4(C)C. The fourth-order valence-corrected chi connectivity index (χ4v) is 11.3. The molecule has 0 aromatic heterocycles. The van der Waals surface area contributed by atoms with Crippen molar-refractivity contribution in [3.05, 3.63) is 48.0 Å². The summed E-state index contributed by atoms with van der Waals surface area (Å²) in [4.78, 5) is 68.2. The number of ketones is 1. The number of Topliss-reactive ketones (excluding diaryl/α,β-unsaturated/α-hetero) is 1. The molecule has 49 heavy (non-hydrogen) atoms. The number of hydrogen-bond donors (Lipinski definition) is 1. The highest BCUT2D eigenvalue weighted by Crippen LogP contribution is 2.86. The first-order valence-electron chi connectivity index (χ1n) is 17.1. The normalized spacial score (nSPS) is 37.0. The van der Waals surface area contributed by atoms with Crippen molar-refractivity contribution in [2.75, 3.05) is 14.1 Å². The van der Waals surface area contributed by atoms with E-state index in [4.69, 9.17) is 18.9 Å². The topological polar surface area (TPSA) is 146 Å². The van der Waals surface area contributed by atoms with E-state index in [2.05, 4.69) is 6.58 Å². The molecule has 11 atom stereocenters.